The fourth-order valence-corrected chi connectivity index (χ4v) is 4.09. The average Bonchev–Trinajstić information content (AvgIpc) is 3.16. The molecule has 3 aromatic rings. The molecule has 1 aromatic heterocycles. The molecule has 1 saturated heterocycles. The molecule has 1 atom stereocenters. The van der Waals surface area contributed by atoms with Crippen molar-refractivity contribution in [2.45, 2.75) is 26.0 Å². The molecule has 0 spiro atoms. The van der Waals surface area contributed by atoms with Crippen LogP contribution in [-0.2, 0) is 22.5 Å². The summed E-state index contributed by atoms with van der Waals surface area (Å²) in [6.45, 7) is 4.82. The number of carbonyl (C=O) groups is 1. The molecular formula is C24H24Cl2FN3O3. The summed E-state index contributed by atoms with van der Waals surface area (Å²) in [5.74, 6) is 0.417. The summed E-state index contributed by atoms with van der Waals surface area (Å²) >= 11 is 12.4. The summed E-state index contributed by atoms with van der Waals surface area (Å²) in [6, 6.07) is 11.5. The molecule has 0 saturated carbocycles. The van der Waals surface area contributed by atoms with Gasteiger partial charge in [-0.2, -0.15) is 0 Å². The van der Waals surface area contributed by atoms with E-state index in [0.717, 1.165) is 12.1 Å². The van der Waals surface area contributed by atoms with Crippen molar-refractivity contribution in [3.05, 3.63) is 75.3 Å². The van der Waals surface area contributed by atoms with Crippen molar-refractivity contribution in [3.63, 3.8) is 0 Å². The Kier molecular flexibility index (Phi) is 7.65. The van der Waals surface area contributed by atoms with E-state index in [1.165, 1.54) is 12.1 Å². The van der Waals surface area contributed by atoms with Crippen LogP contribution in [0.5, 0.6) is 0 Å². The molecule has 1 N–H and O–H groups in total. The predicted octanol–water partition coefficient (Wildman–Crippen LogP) is 4.66. The Hall–Kier alpha value is -2.45. The molecular weight excluding hydrogens is 468 g/mol. The third-order valence-electron chi connectivity index (χ3n) is 5.49. The second kappa shape index (κ2) is 10.7. The molecule has 33 heavy (non-hydrogen) atoms. The number of carbonyl (C=O) groups excluding carboxylic acids is 1. The number of aromatic nitrogens is 1. The van der Waals surface area contributed by atoms with Gasteiger partial charge in [0.05, 0.1) is 34.9 Å². The van der Waals surface area contributed by atoms with Crippen molar-refractivity contribution in [1.82, 2.24) is 15.2 Å². The molecule has 0 bridgehead atoms. The number of amides is 1. The highest BCUT2D eigenvalue weighted by molar-refractivity contribution is 6.42. The van der Waals surface area contributed by atoms with Gasteiger partial charge in [0.2, 0.25) is 11.8 Å². The summed E-state index contributed by atoms with van der Waals surface area (Å²) in [7, 11) is 0. The maximum atomic E-state index is 13.1. The minimum Gasteiger partial charge on any atom is -0.441 e. The van der Waals surface area contributed by atoms with Crippen LogP contribution in [0.3, 0.4) is 0 Å². The first-order valence-corrected chi connectivity index (χ1v) is 11.4. The van der Waals surface area contributed by atoms with Crippen LogP contribution in [0.1, 0.15) is 17.0 Å². The van der Waals surface area contributed by atoms with Crippen molar-refractivity contribution >= 4 is 29.1 Å². The van der Waals surface area contributed by atoms with Gasteiger partial charge in [-0.25, -0.2) is 9.37 Å². The zero-order valence-electron chi connectivity index (χ0n) is 18.1. The monoisotopic (exact) mass is 491 g/mol. The lowest BCUT2D eigenvalue weighted by Crippen LogP contribution is -2.47. The van der Waals surface area contributed by atoms with Crippen LogP contribution in [0, 0.1) is 12.7 Å². The van der Waals surface area contributed by atoms with Gasteiger partial charge in [0, 0.05) is 31.7 Å². The quantitative estimate of drug-likeness (QED) is 0.520. The van der Waals surface area contributed by atoms with Crippen LogP contribution in [-0.4, -0.2) is 48.1 Å². The minimum atomic E-state index is -0.333. The van der Waals surface area contributed by atoms with Crippen LogP contribution in [0.2, 0.25) is 10.0 Å². The van der Waals surface area contributed by atoms with Crippen LogP contribution in [0.15, 0.2) is 46.9 Å². The normalized spacial score (nSPS) is 16.7. The number of oxazole rings is 1. The minimum absolute atomic E-state index is 0.0884. The number of morpholine rings is 1. The lowest BCUT2D eigenvalue weighted by Gasteiger charge is -2.33. The molecule has 1 aliphatic rings. The second-order valence-electron chi connectivity index (χ2n) is 7.95. The molecule has 1 amide bonds. The summed E-state index contributed by atoms with van der Waals surface area (Å²) in [5, 5.41) is 4.03. The highest BCUT2D eigenvalue weighted by atomic mass is 35.5. The molecule has 1 fully saturated rings. The summed E-state index contributed by atoms with van der Waals surface area (Å²) in [4.78, 5) is 19.1. The van der Waals surface area contributed by atoms with Crippen molar-refractivity contribution in [1.29, 1.82) is 0 Å². The molecule has 0 radical (unpaired) electrons. The molecule has 2 heterocycles. The largest absolute Gasteiger partial charge is 0.441 e. The molecule has 0 unspecified atom stereocenters. The first-order chi connectivity index (χ1) is 15.9. The highest BCUT2D eigenvalue weighted by Gasteiger charge is 2.22. The molecule has 4 rings (SSSR count). The van der Waals surface area contributed by atoms with E-state index < -0.39 is 0 Å². The Bertz CT molecular complexity index is 1120. The molecule has 9 heteroatoms. The van der Waals surface area contributed by atoms with Gasteiger partial charge in [0.1, 0.15) is 11.6 Å². The van der Waals surface area contributed by atoms with Gasteiger partial charge in [-0.3, -0.25) is 9.69 Å². The Morgan fingerprint density at radius 3 is 2.82 bits per heavy atom. The predicted molar refractivity (Wildman–Crippen MR) is 125 cm³/mol. The zero-order chi connectivity index (χ0) is 23.4. The molecule has 6 nitrogen and oxygen atoms in total. The van der Waals surface area contributed by atoms with Gasteiger partial charge in [-0.15, -0.1) is 0 Å². The van der Waals surface area contributed by atoms with Gasteiger partial charge >= 0.3 is 0 Å². The Morgan fingerprint density at radius 2 is 2.03 bits per heavy atom. The molecule has 0 aliphatic carbocycles. The zero-order valence-corrected chi connectivity index (χ0v) is 19.6. The number of nitrogens with one attached hydrogen (secondary N) is 1. The second-order valence-corrected chi connectivity index (χ2v) is 8.74. The first kappa shape index (κ1) is 23.7. The maximum Gasteiger partial charge on any atom is 0.226 e. The molecule has 2 aromatic carbocycles. The summed E-state index contributed by atoms with van der Waals surface area (Å²) < 4.78 is 24.6. The number of halogens is 3. The topological polar surface area (TPSA) is 67.6 Å². The Morgan fingerprint density at radius 1 is 1.24 bits per heavy atom. The number of benzene rings is 2. The van der Waals surface area contributed by atoms with E-state index in [2.05, 4.69) is 15.2 Å². The molecule has 174 valence electrons. The van der Waals surface area contributed by atoms with Gasteiger partial charge in [0.15, 0.2) is 0 Å². The maximum absolute atomic E-state index is 13.1. The van der Waals surface area contributed by atoms with E-state index in [9.17, 15) is 9.18 Å². The van der Waals surface area contributed by atoms with Crippen LogP contribution < -0.4 is 5.32 Å². The number of hydrogen-bond donors (Lipinski definition) is 1. The Balaban J connectivity index is 1.29. The van der Waals surface area contributed by atoms with Gasteiger partial charge in [0.25, 0.3) is 0 Å². The number of ether oxygens (including phenoxy) is 1. The smallest absolute Gasteiger partial charge is 0.226 e. The standard InChI is InChI=1S/C24H24Cl2FN3O3/c1-15-21(29-24(33-15)16-5-7-18(27)8-6-16)11-22(31)28-12-19-14-30(9-10-32-19)13-17-3-2-4-20(25)23(17)26/h2-8,19H,9-14H2,1H3,(H,28,31)/t19-/m0/s1. The van der Waals surface area contributed by atoms with E-state index in [0.29, 0.717) is 59.2 Å². The number of rotatable bonds is 7. The van der Waals surface area contributed by atoms with E-state index in [-0.39, 0.29) is 24.2 Å². The molecule has 1 aliphatic heterocycles. The van der Waals surface area contributed by atoms with Crippen LogP contribution in [0.25, 0.3) is 11.5 Å². The van der Waals surface area contributed by atoms with E-state index >= 15 is 0 Å². The number of hydrogen-bond acceptors (Lipinski definition) is 5. The van der Waals surface area contributed by atoms with Crippen molar-refractivity contribution in [2.24, 2.45) is 0 Å². The third kappa shape index (κ3) is 6.12. The van der Waals surface area contributed by atoms with Crippen molar-refractivity contribution in [3.8, 4) is 11.5 Å². The third-order valence-corrected chi connectivity index (χ3v) is 6.35. The number of aryl methyl sites for hydroxylation is 1. The lowest BCUT2D eigenvalue weighted by molar-refractivity contribution is -0.121. The van der Waals surface area contributed by atoms with Crippen LogP contribution in [0.4, 0.5) is 4.39 Å². The fourth-order valence-electron chi connectivity index (χ4n) is 3.71. The Labute approximate surface area is 201 Å². The van der Waals surface area contributed by atoms with E-state index in [1.54, 1.807) is 25.1 Å². The number of nitrogens with zero attached hydrogens (tertiary/aromatic N) is 2. The van der Waals surface area contributed by atoms with E-state index in [1.807, 2.05) is 12.1 Å². The van der Waals surface area contributed by atoms with Crippen molar-refractivity contribution in [2.75, 3.05) is 26.2 Å². The SMILES string of the molecule is Cc1oc(-c2ccc(F)cc2)nc1CC(=O)NC[C@H]1CN(Cc2cccc(Cl)c2Cl)CCO1. The summed E-state index contributed by atoms with van der Waals surface area (Å²) in [5.41, 5.74) is 2.17. The average molecular weight is 492 g/mol. The van der Waals surface area contributed by atoms with Crippen molar-refractivity contribution < 1.29 is 18.3 Å². The summed E-state index contributed by atoms with van der Waals surface area (Å²) in [6.07, 6.45) is -0.0423. The van der Waals surface area contributed by atoms with Crippen LogP contribution >= 0.6 is 23.2 Å². The van der Waals surface area contributed by atoms with Gasteiger partial charge < -0.3 is 14.5 Å². The first-order valence-electron chi connectivity index (χ1n) is 10.6. The van der Waals surface area contributed by atoms with Gasteiger partial charge in [-0.1, -0.05) is 35.3 Å². The van der Waals surface area contributed by atoms with Gasteiger partial charge in [-0.05, 0) is 42.8 Å². The highest BCUT2D eigenvalue weighted by Crippen LogP contribution is 2.27. The fraction of sp³-hybridized carbons (Fsp3) is 0.333. The van der Waals surface area contributed by atoms with E-state index in [4.69, 9.17) is 32.4 Å². The lowest BCUT2D eigenvalue weighted by atomic mass is 10.2.